The molecule has 2 aromatic heterocycles. The van der Waals surface area contributed by atoms with E-state index in [9.17, 15) is 18.8 Å². The Morgan fingerprint density at radius 1 is 1.02 bits per heavy atom. The van der Waals surface area contributed by atoms with Crippen molar-refractivity contribution in [3.8, 4) is 0 Å². The van der Waals surface area contributed by atoms with E-state index in [1.165, 1.54) is 28.0 Å². The molecule has 1 N–H and O–H groups in total. The summed E-state index contributed by atoms with van der Waals surface area (Å²) in [7, 11) is 0. The van der Waals surface area contributed by atoms with Crippen LogP contribution in [0.5, 0.6) is 0 Å². The number of morpholine rings is 1. The molecule has 2 amide bonds. The van der Waals surface area contributed by atoms with Crippen molar-refractivity contribution >= 4 is 45.8 Å². The summed E-state index contributed by atoms with van der Waals surface area (Å²) in [5.41, 5.74) is 3.29. The third-order valence-electron chi connectivity index (χ3n) is 8.26. The van der Waals surface area contributed by atoms with Crippen LogP contribution in [0.15, 0.2) is 106 Å². The fraction of sp³-hybridized carbons (Fsp3) is 0.200. The van der Waals surface area contributed by atoms with Gasteiger partial charge in [-0.2, -0.15) is 0 Å². The maximum absolute atomic E-state index is 14.2. The SMILES string of the molecule is CC1=C(C(=O)Nc2ccccc2)[C@@H](c2ccc(F)cc2)n2c(s/c(=C/c3cn(CC(=O)N4CCOCC4)c4ccccc34)c2=O)=N1. The number of rotatable bonds is 6. The van der Waals surface area contributed by atoms with Gasteiger partial charge in [-0.05, 0) is 48.9 Å². The molecule has 11 heteroatoms. The number of halogens is 1. The van der Waals surface area contributed by atoms with E-state index in [0.29, 0.717) is 58.2 Å². The standard InChI is InChI=1S/C35H30FN5O4S/c1-22-31(33(43)38-26-7-3-2-4-8-26)32(23-11-13-25(36)14-12-23)41-34(44)29(46-35(41)37-22)19-24-20-40(28-10-6-5-9-27(24)28)21-30(42)39-15-17-45-18-16-39/h2-14,19-20,32H,15-18,21H2,1H3,(H,38,43)/b29-19+/t32-/m1/s1. The molecule has 0 radical (unpaired) electrons. The van der Waals surface area contributed by atoms with Crippen LogP contribution in [0.2, 0.25) is 0 Å². The number of benzene rings is 3. The zero-order valence-electron chi connectivity index (χ0n) is 25.0. The molecule has 0 bridgehead atoms. The Morgan fingerprint density at radius 3 is 2.50 bits per heavy atom. The van der Waals surface area contributed by atoms with Gasteiger partial charge < -0.3 is 19.5 Å². The third-order valence-corrected chi connectivity index (χ3v) is 9.24. The van der Waals surface area contributed by atoms with Crippen LogP contribution in [0.4, 0.5) is 10.1 Å². The van der Waals surface area contributed by atoms with Crippen LogP contribution in [0.3, 0.4) is 0 Å². The number of hydrogen-bond donors (Lipinski definition) is 1. The summed E-state index contributed by atoms with van der Waals surface area (Å²) in [6.45, 7) is 4.08. The monoisotopic (exact) mass is 635 g/mol. The van der Waals surface area contributed by atoms with Gasteiger partial charge in [0.1, 0.15) is 12.4 Å². The minimum Gasteiger partial charge on any atom is -0.378 e. The van der Waals surface area contributed by atoms with E-state index in [1.807, 2.05) is 59.3 Å². The zero-order valence-corrected chi connectivity index (χ0v) is 25.8. The molecule has 5 aromatic rings. The lowest BCUT2D eigenvalue weighted by atomic mass is 9.95. The summed E-state index contributed by atoms with van der Waals surface area (Å²) in [6.07, 6.45) is 3.70. The van der Waals surface area contributed by atoms with Gasteiger partial charge in [0, 0.05) is 41.4 Å². The molecule has 0 saturated carbocycles. The normalized spacial score (nSPS) is 16.8. The fourth-order valence-corrected chi connectivity index (χ4v) is 7.05. The highest BCUT2D eigenvalue weighted by molar-refractivity contribution is 7.07. The minimum absolute atomic E-state index is 0.00561. The van der Waals surface area contributed by atoms with Gasteiger partial charge in [-0.15, -0.1) is 0 Å². The van der Waals surface area contributed by atoms with Crippen molar-refractivity contribution < 1.29 is 18.7 Å². The topological polar surface area (TPSA) is 97.9 Å². The van der Waals surface area contributed by atoms with E-state index in [0.717, 1.165) is 16.5 Å². The minimum atomic E-state index is -0.824. The van der Waals surface area contributed by atoms with Gasteiger partial charge in [0.15, 0.2) is 4.80 Å². The molecule has 7 rings (SSSR count). The van der Waals surface area contributed by atoms with E-state index in [-0.39, 0.29) is 18.0 Å². The summed E-state index contributed by atoms with van der Waals surface area (Å²) in [5, 5.41) is 3.82. The molecular weight excluding hydrogens is 605 g/mol. The molecule has 0 unspecified atom stereocenters. The Hall–Kier alpha value is -5.13. The van der Waals surface area contributed by atoms with Gasteiger partial charge in [-0.1, -0.05) is 59.9 Å². The highest BCUT2D eigenvalue weighted by Crippen LogP contribution is 2.31. The molecule has 1 atom stereocenters. The number of fused-ring (bicyclic) bond motifs is 2. The molecule has 2 aliphatic rings. The summed E-state index contributed by atoms with van der Waals surface area (Å²) in [4.78, 5) is 48.0. The highest BCUT2D eigenvalue weighted by atomic mass is 32.1. The first-order chi connectivity index (χ1) is 22.4. The maximum atomic E-state index is 14.2. The molecule has 3 aromatic carbocycles. The summed E-state index contributed by atoms with van der Waals surface area (Å²) < 4.78 is 23.2. The lowest BCUT2D eigenvalue weighted by Crippen LogP contribution is -2.42. The molecule has 232 valence electrons. The Bertz CT molecular complexity index is 2180. The van der Waals surface area contributed by atoms with E-state index in [4.69, 9.17) is 9.73 Å². The van der Waals surface area contributed by atoms with Crippen LogP contribution in [-0.4, -0.2) is 52.2 Å². The first-order valence-electron chi connectivity index (χ1n) is 15.0. The number of ether oxygens (including phenoxy) is 1. The largest absolute Gasteiger partial charge is 0.378 e. The van der Waals surface area contributed by atoms with E-state index in [1.54, 1.807) is 36.1 Å². The number of amides is 2. The smallest absolute Gasteiger partial charge is 0.271 e. The van der Waals surface area contributed by atoms with Crippen molar-refractivity contribution in [1.29, 1.82) is 0 Å². The predicted molar refractivity (Wildman–Crippen MR) is 175 cm³/mol. The van der Waals surface area contributed by atoms with Gasteiger partial charge in [0.25, 0.3) is 11.5 Å². The number of carbonyl (C=O) groups is 2. The van der Waals surface area contributed by atoms with E-state index in [2.05, 4.69) is 5.32 Å². The number of nitrogens with zero attached hydrogens (tertiary/aromatic N) is 4. The Morgan fingerprint density at radius 2 is 1.74 bits per heavy atom. The lowest BCUT2D eigenvalue weighted by Gasteiger charge is -2.27. The second-order valence-electron chi connectivity index (χ2n) is 11.2. The molecular formula is C35H30FN5O4S. The average Bonchev–Trinajstić information content (AvgIpc) is 3.57. The van der Waals surface area contributed by atoms with Gasteiger partial charge in [-0.3, -0.25) is 19.0 Å². The summed E-state index contributed by atoms with van der Waals surface area (Å²) >= 11 is 1.22. The van der Waals surface area contributed by atoms with Crippen molar-refractivity contribution in [2.24, 2.45) is 4.99 Å². The van der Waals surface area contributed by atoms with Crippen molar-refractivity contribution in [2.45, 2.75) is 19.5 Å². The molecule has 1 saturated heterocycles. The number of hydrogen-bond acceptors (Lipinski definition) is 6. The molecule has 2 aliphatic heterocycles. The maximum Gasteiger partial charge on any atom is 0.271 e. The van der Waals surface area contributed by atoms with Crippen LogP contribution >= 0.6 is 11.3 Å². The average molecular weight is 636 g/mol. The van der Waals surface area contributed by atoms with Crippen LogP contribution in [0, 0.1) is 5.82 Å². The van der Waals surface area contributed by atoms with E-state index < -0.39 is 17.8 Å². The van der Waals surface area contributed by atoms with Crippen molar-refractivity contribution in [3.63, 3.8) is 0 Å². The van der Waals surface area contributed by atoms with Crippen LogP contribution in [-0.2, 0) is 20.9 Å². The predicted octanol–water partition coefficient (Wildman–Crippen LogP) is 3.83. The number of thiazole rings is 1. The van der Waals surface area contributed by atoms with Crippen molar-refractivity contribution in [2.75, 3.05) is 31.6 Å². The molecule has 0 aliphatic carbocycles. The van der Waals surface area contributed by atoms with Crippen LogP contribution in [0.25, 0.3) is 17.0 Å². The molecule has 4 heterocycles. The van der Waals surface area contributed by atoms with Gasteiger partial charge in [0.05, 0.1) is 35.1 Å². The Balaban J connectivity index is 1.32. The van der Waals surface area contributed by atoms with Crippen LogP contribution in [0.1, 0.15) is 24.1 Å². The van der Waals surface area contributed by atoms with Gasteiger partial charge >= 0.3 is 0 Å². The number of aromatic nitrogens is 2. The highest BCUT2D eigenvalue weighted by Gasteiger charge is 2.32. The number of para-hydroxylation sites is 2. The Labute approximate surface area is 267 Å². The third kappa shape index (κ3) is 5.59. The molecule has 9 nitrogen and oxygen atoms in total. The fourth-order valence-electron chi connectivity index (χ4n) is 6.01. The summed E-state index contributed by atoms with van der Waals surface area (Å²) in [6, 6.07) is 21.8. The molecule has 0 spiro atoms. The van der Waals surface area contributed by atoms with E-state index >= 15 is 0 Å². The first kappa shape index (κ1) is 29.6. The molecule has 46 heavy (non-hydrogen) atoms. The Kier molecular flexibility index (Phi) is 7.93. The number of anilines is 1. The lowest BCUT2D eigenvalue weighted by molar-refractivity contribution is -0.135. The van der Waals surface area contributed by atoms with Crippen molar-refractivity contribution in [1.82, 2.24) is 14.0 Å². The van der Waals surface area contributed by atoms with Gasteiger partial charge in [0.2, 0.25) is 5.91 Å². The number of allylic oxidation sites excluding steroid dienone is 1. The molecule has 1 fully saturated rings. The van der Waals surface area contributed by atoms with Crippen LogP contribution < -0.4 is 20.2 Å². The quantitative estimate of drug-likeness (QED) is 0.307. The number of carbonyl (C=O) groups excluding carboxylic acids is 2. The van der Waals surface area contributed by atoms with Crippen molar-refractivity contribution in [3.05, 3.63) is 133 Å². The summed E-state index contributed by atoms with van der Waals surface area (Å²) in [5.74, 6) is -0.814. The number of nitrogens with one attached hydrogen (secondary N) is 1. The zero-order chi connectivity index (χ0) is 31.8. The second-order valence-corrected chi connectivity index (χ2v) is 12.2. The van der Waals surface area contributed by atoms with Gasteiger partial charge in [-0.25, -0.2) is 9.38 Å². The first-order valence-corrected chi connectivity index (χ1v) is 15.8. The second kappa shape index (κ2) is 12.3.